The Morgan fingerprint density at radius 1 is 1.31 bits per heavy atom. The van der Waals surface area contributed by atoms with Crippen LogP contribution in [-0.2, 0) is 6.42 Å². The van der Waals surface area contributed by atoms with E-state index in [-0.39, 0.29) is 0 Å². The summed E-state index contributed by atoms with van der Waals surface area (Å²) >= 11 is 3.34. The molecule has 0 aromatic heterocycles. The Morgan fingerprint density at radius 3 is 2.69 bits per heavy atom. The Labute approximate surface area is 88.2 Å². The van der Waals surface area contributed by atoms with E-state index in [1.807, 2.05) is 0 Å². The number of aryl methyl sites for hydroxylation is 2. The van der Waals surface area contributed by atoms with Gasteiger partial charge in [-0.15, -0.1) is 0 Å². The summed E-state index contributed by atoms with van der Waals surface area (Å²) in [5.74, 6) is 0.983. The second kappa shape index (κ2) is 5.28. The van der Waals surface area contributed by atoms with Crippen molar-refractivity contribution in [2.45, 2.75) is 20.3 Å². The molecule has 2 heteroatoms. The maximum atomic E-state index is 5.53. The number of hydrogen-bond donors (Lipinski definition) is 0. The molecule has 0 saturated heterocycles. The SMILES string of the molecule is CCc1cc(C)cc(OCCBr)c1. The fourth-order valence-corrected chi connectivity index (χ4v) is 1.43. The first-order valence-corrected chi connectivity index (χ1v) is 5.67. The molecule has 0 spiro atoms. The van der Waals surface area contributed by atoms with Crippen LogP contribution in [0.25, 0.3) is 0 Å². The first kappa shape index (κ1) is 10.6. The van der Waals surface area contributed by atoms with Crippen molar-refractivity contribution in [1.82, 2.24) is 0 Å². The van der Waals surface area contributed by atoms with Crippen LogP contribution in [0.15, 0.2) is 18.2 Å². The number of alkyl halides is 1. The number of halogens is 1. The van der Waals surface area contributed by atoms with Gasteiger partial charge in [-0.3, -0.25) is 0 Å². The van der Waals surface area contributed by atoms with Crippen LogP contribution in [0.5, 0.6) is 5.75 Å². The first-order chi connectivity index (χ1) is 6.26. The molecule has 1 nitrogen and oxygen atoms in total. The molecular weight excluding hydrogens is 228 g/mol. The highest BCUT2D eigenvalue weighted by molar-refractivity contribution is 9.09. The van der Waals surface area contributed by atoms with Crippen molar-refractivity contribution in [1.29, 1.82) is 0 Å². The number of benzene rings is 1. The molecular formula is C11H15BrO. The Kier molecular flexibility index (Phi) is 4.29. The maximum absolute atomic E-state index is 5.53. The van der Waals surface area contributed by atoms with Crippen LogP contribution in [0, 0.1) is 6.92 Å². The summed E-state index contributed by atoms with van der Waals surface area (Å²) in [7, 11) is 0. The van der Waals surface area contributed by atoms with Gasteiger partial charge in [-0.1, -0.05) is 28.9 Å². The van der Waals surface area contributed by atoms with Crippen molar-refractivity contribution < 1.29 is 4.74 Å². The molecule has 0 saturated carbocycles. The summed E-state index contributed by atoms with van der Waals surface area (Å²) in [5, 5.41) is 0.877. The lowest BCUT2D eigenvalue weighted by Gasteiger charge is -2.07. The zero-order valence-corrected chi connectivity index (χ0v) is 9.73. The minimum absolute atomic E-state index is 0.729. The Hall–Kier alpha value is -0.500. The van der Waals surface area contributed by atoms with Gasteiger partial charge in [0.2, 0.25) is 0 Å². The van der Waals surface area contributed by atoms with Crippen LogP contribution in [0.2, 0.25) is 0 Å². The van der Waals surface area contributed by atoms with Gasteiger partial charge in [0, 0.05) is 5.33 Å². The van der Waals surface area contributed by atoms with Gasteiger partial charge in [-0.05, 0) is 36.6 Å². The highest BCUT2D eigenvalue weighted by Gasteiger charge is 1.97. The van der Waals surface area contributed by atoms with E-state index < -0.39 is 0 Å². The van der Waals surface area contributed by atoms with Crippen LogP contribution in [0.1, 0.15) is 18.1 Å². The third-order valence-electron chi connectivity index (χ3n) is 1.86. The van der Waals surface area contributed by atoms with Crippen molar-refractivity contribution in [2.24, 2.45) is 0 Å². The third kappa shape index (κ3) is 3.39. The van der Waals surface area contributed by atoms with Gasteiger partial charge in [0.05, 0.1) is 6.61 Å². The molecule has 0 heterocycles. The smallest absolute Gasteiger partial charge is 0.119 e. The van der Waals surface area contributed by atoms with E-state index in [4.69, 9.17) is 4.74 Å². The van der Waals surface area contributed by atoms with Crippen molar-refractivity contribution >= 4 is 15.9 Å². The van der Waals surface area contributed by atoms with Crippen LogP contribution in [0.4, 0.5) is 0 Å². The van der Waals surface area contributed by atoms with Gasteiger partial charge in [0.15, 0.2) is 0 Å². The minimum atomic E-state index is 0.729. The van der Waals surface area contributed by atoms with Gasteiger partial charge in [0.1, 0.15) is 5.75 Å². The molecule has 0 atom stereocenters. The lowest BCUT2D eigenvalue weighted by atomic mass is 10.1. The van der Waals surface area contributed by atoms with E-state index in [0.717, 1.165) is 24.1 Å². The average Bonchev–Trinajstić information content (AvgIpc) is 2.14. The minimum Gasteiger partial charge on any atom is -0.493 e. The highest BCUT2D eigenvalue weighted by atomic mass is 79.9. The molecule has 1 aromatic rings. The largest absolute Gasteiger partial charge is 0.493 e. The van der Waals surface area contributed by atoms with Gasteiger partial charge < -0.3 is 4.74 Å². The van der Waals surface area contributed by atoms with Crippen molar-refractivity contribution in [2.75, 3.05) is 11.9 Å². The molecule has 0 bridgehead atoms. The van der Waals surface area contributed by atoms with Gasteiger partial charge >= 0.3 is 0 Å². The zero-order chi connectivity index (χ0) is 9.68. The standard InChI is InChI=1S/C11H15BrO/c1-3-10-6-9(2)7-11(8-10)13-5-4-12/h6-8H,3-5H2,1-2H3. The molecule has 0 unspecified atom stereocenters. The summed E-state index contributed by atoms with van der Waals surface area (Å²) in [6.07, 6.45) is 1.06. The predicted octanol–water partition coefficient (Wildman–Crippen LogP) is 3.33. The van der Waals surface area contributed by atoms with E-state index in [1.54, 1.807) is 0 Å². The molecule has 72 valence electrons. The van der Waals surface area contributed by atoms with Crippen LogP contribution in [-0.4, -0.2) is 11.9 Å². The van der Waals surface area contributed by atoms with Crippen LogP contribution < -0.4 is 4.74 Å². The monoisotopic (exact) mass is 242 g/mol. The van der Waals surface area contributed by atoms with Crippen molar-refractivity contribution in [3.8, 4) is 5.75 Å². The van der Waals surface area contributed by atoms with Crippen LogP contribution in [0.3, 0.4) is 0 Å². The molecule has 1 rings (SSSR count). The highest BCUT2D eigenvalue weighted by Crippen LogP contribution is 2.17. The quantitative estimate of drug-likeness (QED) is 0.737. The lowest BCUT2D eigenvalue weighted by molar-refractivity contribution is 0.344. The van der Waals surface area contributed by atoms with Gasteiger partial charge in [-0.2, -0.15) is 0 Å². The zero-order valence-electron chi connectivity index (χ0n) is 8.14. The topological polar surface area (TPSA) is 9.23 Å². The van der Waals surface area contributed by atoms with E-state index in [0.29, 0.717) is 0 Å². The fraction of sp³-hybridized carbons (Fsp3) is 0.455. The summed E-state index contributed by atoms with van der Waals surface area (Å²) in [6.45, 7) is 4.98. The summed E-state index contributed by atoms with van der Waals surface area (Å²) < 4.78 is 5.53. The molecule has 0 radical (unpaired) electrons. The third-order valence-corrected chi connectivity index (χ3v) is 2.19. The molecule has 0 aliphatic carbocycles. The van der Waals surface area contributed by atoms with E-state index in [2.05, 4.69) is 48.0 Å². The summed E-state index contributed by atoms with van der Waals surface area (Å²) in [4.78, 5) is 0. The van der Waals surface area contributed by atoms with Gasteiger partial charge in [-0.25, -0.2) is 0 Å². The summed E-state index contributed by atoms with van der Waals surface area (Å²) in [6, 6.07) is 6.37. The Balaban J connectivity index is 2.76. The van der Waals surface area contributed by atoms with Gasteiger partial charge in [0.25, 0.3) is 0 Å². The normalized spacial score (nSPS) is 10.1. The molecule has 0 N–H and O–H groups in total. The molecule has 0 fully saturated rings. The van der Waals surface area contributed by atoms with Crippen molar-refractivity contribution in [3.05, 3.63) is 29.3 Å². The second-order valence-corrected chi connectivity index (χ2v) is 3.84. The molecule has 0 aliphatic heterocycles. The Morgan fingerprint density at radius 2 is 2.08 bits per heavy atom. The fourth-order valence-electron chi connectivity index (χ4n) is 1.27. The Bertz CT molecular complexity index is 271. The molecule has 1 aromatic carbocycles. The first-order valence-electron chi connectivity index (χ1n) is 4.55. The lowest BCUT2D eigenvalue weighted by Crippen LogP contribution is -1.98. The molecule has 13 heavy (non-hydrogen) atoms. The molecule has 0 aliphatic rings. The van der Waals surface area contributed by atoms with E-state index >= 15 is 0 Å². The number of ether oxygens (including phenoxy) is 1. The van der Waals surface area contributed by atoms with Crippen LogP contribution >= 0.6 is 15.9 Å². The predicted molar refractivity (Wildman–Crippen MR) is 59.8 cm³/mol. The second-order valence-electron chi connectivity index (χ2n) is 3.05. The number of rotatable bonds is 4. The van der Waals surface area contributed by atoms with E-state index in [1.165, 1.54) is 11.1 Å². The summed E-state index contributed by atoms with van der Waals surface area (Å²) in [5.41, 5.74) is 2.61. The van der Waals surface area contributed by atoms with E-state index in [9.17, 15) is 0 Å². The maximum Gasteiger partial charge on any atom is 0.119 e. The molecule has 0 amide bonds. The van der Waals surface area contributed by atoms with Crippen molar-refractivity contribution in [3.63, 3.8) is 0 Å². The average molecular weight is 243 g/mol. The number of hydrogen-bond acceptors (Lipinski definition) is 1.